The fraction of sp³-hybridized carbons (Fsp3) is 0.533. The largest absolute Gasteiger partial charge is 0.393 e. The van der Waals surface area contributed by atoms with E-state index in [9.17, 15) is 26.9 Å². The molecule has 126 valence electrons. The van der Waals surface area contributed by atoms with Crippen LogP contribution >= 0.6 is 0 Å². The van der Waals surface area contributed by atoms with E-state index < -0.39 is 28.2 Å². The Morgan fingerprint density at radius 1 is 1.26 bits per heavy atom. The molecule has 0 aliphatic heterocycles. The molecule has 23 heavy (non-hydrogen) atoms. The van der Waals surface area contributed by atoms with Gasteiger partial charge in [0.2, 0.25) is 10.0 Å². The zero-order valence-corrected chi connectivity index (χ0v) is 13.6. The molecule has 1 aliphatic carbocycles. The van der Waals surface area contributed by atoms with E-state index in [1.165, 1.54) is 7.05 Å². The number of nitriles is 1. The van der Waals surface area contributed by atoms with Crippen molar-refractivity contribution in [3.05, 3.63) is 29.8 Å². The number of hydrogen-bond donors (Lipinski definition) is 0. The van der Waals surface area contributed by atoms with Crippen LogP contribution in [0.2, 0.25) is 0 Å². The van der Waals surface area contributed by atoms with Gasteiger partial charge in [0.05, 0.1) is 17.4 Å². The summed E-state index contributed by atoms with van der Waals surface area (Å²) in [5, 5.41) is 9.37. The van der Waals surface area contributed by atoms with Gasteiger partial charge in [-0.3, -0.25) is 0 Å². The van der Waals surface area contributed by atoms with Crippen LogP contribution in [0.15, 0.2) is 29.2 Å². The summed E-state index contributed by atoms with van der Waals surface area (Å²) in [4.78, 5) is -0.118. The third kappa shape index (κ3) is 3.67. The molecule has 0 bridgehead atoms. The van der Waals surface area contributed by atoms with Crippen LogP contribution in [0.1, 0.15) is 25.3 Å². The van der Waals surface area contributed by atoms with Crippen molar-refractivity contribution in [2.24, 2.45) is 5.92 Å². The van der Waals surface area contributed by atoms with Crippen molar-refractivity contribution in [1.82, 2.24) is 4.31 Å². The Kier molecular flexibility index (Phi) is 4.48. The number of halogens is 3. The minimum absolute atomic E-state index is 0.00987. The van der Waals surface area contributed by atoms with Gasteiger partial charge in [-0.15, -0.1) is 0 Å². The molecule has 0 aromatic heterocycles. The van der Waals surface area contributed by atoms with Crippen LogP contribution in [0, 0.1) is 17.2 Å². The van der Waals surface area contributed by atoms with E-state index in [0.29, 0.717) is 0 Å². The first kappa shape index (κ1) is 17.8. The number of rotatable bonds is 5. The molecular formula is C15H17F3N2O2S. The number of hydrogen-bond acceptors (Lipinski definition) is 3. The summed E-state index contributed by atoms with van der Waals surface area (Å²) in [5.41, 5.74) is -1.16. The van der Waals surface area contributed by atoms with Gasteiger partial charge in [-0.1, -0.05) is 12.1 Å². The smallest absolute Gasteiger partial charge is 0.207 e. The van der Waals surface area contributed by atoms with Gasteiger partial charge in [0.15, 0.2) is 0 Å². The maximum atomic E-state index is 12.6. The van der Waals surface area contributed by atoms with Crippen molar-refractivity contribution in [1.29, 1.82) is 5.26 Å². The minimum atomic E-state index is -4.34. The highest BCUT2D eigenvalue weighted by molar-refractivity contribution is 7.89. The minimum Gasteiger partial charge on any atom is -0.207 e. The average Bonchev–Trinajstić information content (AvgIpc) is 3.29. The van der Waals surface area contributed by atoms with Gasteiger partial charge in [-0.25, -0.2) is 8.42 Å². The van der Waals surface area contributed by atoms with E-state index in [1.54, 1.807) is 6.92 Å². The van der Waals surface area contributed by atoms with Gasteiger partial charge in [-0.2, -0.15) is 22.7 Å². The lowest BCUT2D eigenvalue weighted by atomic mass is 9.99. The van der Waals surface area contributed by atoms with Crippen LogP contribution in [0.3, 0.4) is 0 Å². The summed E-state index contributed by atoms with van der Waals surface area (Å²) in [7, 11) is -2.61. The van der Waals surface area contributed by atoms with Gasteiger partial charge in [0, 0.05) is 7.05 Å². The van der Waals surface area contributed by atoms with Gasteiger partial charge >= 0.3 is 6.18 Å². The molecule has 2 rings (SSSR count). The molecule has 1 aromatic rings. The molecule has 0 amide bonds. The summed E-state index contributed by atoms with van der Waals surface area (Å²) >= 11 is 0. The summed E-state index contributed by atoms with van der Waals surface area (Å²) in [6, 6.07) is 6.65. The Hall–Kier alpha value is -1.59. The second-order valence-corrected chi connectivity index (χ2v) is 7.91. The molecule has 1 aromatic carbocycles. The van der Waals surface area contributed by atoms with Crippen LogP contribution < -0.4 is 0 Å². The SMILES string of the molecule is CN([C@](C)(C#N)C1CC1)S(=O)(=O)c1ccc(CC(F)(F)F)cc1. The van der Waals surface area contributed by atoms with E-state index >= 15 is 0 Å². The van der Waals surface area contributed by atoms with Crippen LogP contribution in [-0.2, 0) is 16.4 Å². The van der Waals surface area contributed by atoms with Crippen molar-refractivity contribution in [2.75, 3.05) is 7.05 Å². The second-order valence-electron chi connectivity index (χ2n) is 5.94. The van der Waals surface area contributed by atoms with Crippen LogP contribution in [0.5, 0.6) is 0 Å². The quantitative estimate of drug-likeness (QED) is 0.823. The molecule has 1 fully saturated rings. The highest BCUT2D eigenvalue weighted by atomic mass is 32.2. The first-order valence-corrected chi connectivity index (χ1v) is 8.51. The average molecular weight is 346 g/mol. The topological polar surface area (TPSA) is 61.2 Å². The van der Waals surface area contributed by atoms with Gasteiger partial charge < -0.3 is 0 Å². The first-order chi connectivity index (χ1) is 10.5. The van der Waals surface area contributed by atoms with Gasteiger partial charge in [-0.05, 0) is 43.4 Å². The molecule has 0 unspecified atom stereocenters. The summed E-state index contributed by atoms with van der Waals surface area (Å²) in [5.74, 6) is -0.0169. The molecule has 0 radical (unpaired) electrons. The molecule has 0 N–H and O–H groups in total. The molecule has 1 saturated carbocycles. The van der Waals surface area contributed by atoms with Crippen molar-refractivity contribution in [3.63, 3.8) is 0 Å². The van der Waals surface area contributed by atoms with Crippen LogP contribution in [0.4, 0.5) is 13.2 Å². The predicted octanol–water partition coefficient (Wildman–Crippen LogP) is 3.10. The fourth-order valence-electron chi connectivity index (χ4n) is 2.48. The lowest BCUT2D eigenvalue weighted by molar-refractivity contribution is -0.127. The zero-order valence-electron chi connectivity index (χ0n) is 12.8. The lowest BCUT2D eigenvalue weighted by Crippen LogP contribution is -2.47. The Labute approximate surface area is 133 Å². The molecule has 0 heterocycles. The van der Waals surface area contributed by atoms with Crippen LogP contribution in [-0.4, -0.2) is 31.5 Å². The summed E-state index contributed by atoms with van der Waals surface area (Å²) in [6.07, 6.45) is -3.88. The number of benzene rings is 1. The molecule has 1 atom stereocenters. The normalized spacial score (nSPS) is 18.5. The number of alkyl halides is 3. The standard InChI is InChI=1S/C15H17F3N2O2S/c1-14(10-19,12-5-6-12)20(2)23(21,22)13-7-3-11(4-8-13)9-15(16,17)18/h3-4,7-8,12H,5-6,9H2,1-2H3/t14-/m1/s1. The van der Waals surface area contributed by atoms with Crippen molar-refractivity contribution in [3.8, 4) is 6.07 Å². The summed E-state index contributed by atoms with van der Waals surface area (Å²) in [6.45, 7) is 1.57. The van der Waals surface area contributed by atoms with Gasteiger partial charge in [0.1, 0.15) is 5.54 Å². The monoisotopic (exact) mass is 346 g/mol. The molecule has 8 heteroatoms. The van der Waals surface area contributed by atoms with E-state index in [1.807, 2.05) is 0 Å². The van der Waals surface area contributed by atoms with E-state index in [-0.39, 0.29) is 16.4 Å². The molecule has 1 aliphatic rings. The highest BCUT2D eigenvalue weighted by Crippen LogP contribution is 2.43. The maximum Gasteiger partial charge on any atom is 0.393 e. The molecule has 0 saturated heterocycles. The van der Waals surface area contributed by atoms with Crippen LogP contribution in [0.25, 0.3) is 0 Å². The van der Waals surface area contributed by atoms with Gasteiger partial charge in [0.25, 0.3) is 0 Å². The number of nitrogens with zero attached hydrogens (tertiary/aromatic N) is 2. The predicted molar refractivity (Wildman–Crippen MR) is 77.9 cm³/mol. The van der Waals surface area contributed by atoms with E-state index in [2.05, 4.69) is 6.07 Å². The Bertz CT molecular complexity index is 719. The van der Waals surface area contributed by atoms with Crippen molar-refractivity contribution < 1.29 is 21.6 Å². The summed E-state index contributed by atoms with van der Waals surface area (Å²) < 4.78 is 63.3. The Balaban J connectivity index is 2.28. The maximum absolute atomic E-state index is 12.6. The van der Waals surface area contributed by atoms with Crippen molar-refractivity contribution >= 4 is 10.0 Å². The second kappa shape index (κ2) is 5.80. The van der Waals surface area contributed by atoms with E-state index in [0.717, 1.165) is 41.4 Å². The zero-order chi connectivity index (χ0) is 17.5. The third-order valence-corrected chi connectivity index (χ3v) is 6.21. The lowest BCUT2D eigenvalue weighted by Gasteiger charge is -2.32. The van der Waals surface area contributed by atoms with Crippen molar-refractivity contribution in [2.45, 2.75) is 42.8 Å². The third-order valence-electron chi connectivity index (χ3n) is 4.24. The Morgan fingerprint density at radius 3 is 2.17 bits per heavy atom. The Morgan fingerprint density at radius 2 is 1.78 bits per heavy atom. The fourth-order valence-corrected chi connectivity index (χ4v) is 3.97. The molecule has 4 nitrogen and oxygen atoms in total. The number of sulfonamides is 1. The molecule has 0 spiro atoms. The molecular weight excluding hydrogens is 329 g/mol. The first-order valence-electron chi connectivity index (χ1n) is 7.07. The highest BCUT2D eigenvalue weighted by Gasteiger charge is 2.49. The van der Waals surface area contributed by atoms with E-state index in [4.69, 9.17) is 0 Å².